The largest absolute Gasteiger partial charge is 0.371 e. The fourth-order valence-electron chi connectivity index (χ4n) is 2.93. The Balaban J connectivity index is 1.55. The number of para-hydroxylation sites is 1. The van der Waals surface area contributed by atoms with Crippen LogP contribution in [0.25, 0.3) is 0 Å². The van der Waals surface area contributed by atoms with Crippen molar-refractivity contribution in [3.05, 3.63) is 60.2 Å². The van der Waals surface area contributed by atoms with Crippen molar-refractivity contribution in [2.75, 3.05) is 23.3 Å². The minimum Gasteiger partial charge on any atom is -0.371 e. The Hall–Kier alpha value is -2.62. The number of anilines is 2. The molecule has 1 aliphatic heterocycles. The number of carbonyl (C=O) groups excluding carboxylic acids is 2. The van der Waals surface area contributed by atoms with E-state index in [4.69, 9.17) is 0 Å². The van der Waals surface area contributed by atoms with E-state index in [2.05, 4.69) is 10.2 Å². The number of amides is 1. The molecule has 1 aliphatic rings. The minimum absolute atomic E-state index is 0.0562. The summed E-state index contributed by atoms with van der Waals surface area (Å²) >= 11 is 0. The molecule has 0 spiro atoms. The van der Waals surface area contributed by atoms with E-state index in [1.54, 1.807) is 0 Å². The van der Waals surface area contributed by atoms with E-state index in [0.717, 1.165) is 43.6 Å². The molecule has 4 nitrogen and oxygen atoms in total. The van der Waals surface area contributed by atoms with Crippen molar-refractivity contribution in [3.63, 3.8) is 0 Å². The summed E-state index contributed by atoms with van der Waals surface area (Å²) in [5, 5.41) is 2.98. The van der Waals surface area contributed by atoms with Gasteiger partial charge in [-0.05, 0) is 49.2 Å². The van der Waals surface area contributed by atoms with Crippen molar-refractivity contribution in [1.29, 1.82) is 0 Å². The molecule has 1 amide bonds. The summed E-state index contributed by atoms with van der Waals surface area (Å²) in [5.41, 5.74) is 2.65. The Bertz CT molecular complexity index is 660. The Labute approximate surface area is 136 Å². The predicted octanol–water partition coefficient (Wildman–Crippen LogP) is 3.35. The molecular formula is C19H20N2O2. The maximum absolute atomic E-state index is 12.3. The summed E-state index contributed by atoms with van der Waals surface area (Å²) in [5.74, 6) is 0.160. The van der Waals surface area contributed by atoms with E-state index >= 15 is 0 Å². The molecule has 3 rings (SSSR count). The van der Waals surface area contributed by atoms with Gasteiger partial charge in [-0.15, -0.1) is 0 Å². The van der Waals surface area contributed by atoms with Crippen LogP contribution in [-0.2, 0) is 4.79 Å². The highest BCUT2D eigenvalue weighted by Crippen LogP contribution is 2.24. The number of nitrogens with zero attached hydrogens (tertiary/aromatic N) is 1. The molecule has 0 aromatic heterocycles. The normalized spacial score (nSPS) is 15.2. The van der Waals surface area contributed by atoms with Gasteiger partial charge in [-0.1, -0.05) is 18.2 Å². The van der Waals surface area contributed by atoms with Crippen molar-refractivity contribution in [2.45, 2.75) is 12.8 Å². The number of aldehydes is 1. The van der Waals surface area contributed by atoms with Crippen LogP contribution in [0.2, 0.25) is 0 Å². The van der Waals surface area contributed by atoms with Gasteiger partial charge in [0.25, 0.3) is 0 Å². The van der Waals surface area contributed by atoms with Gasteiger partial charge < -0.3 is 10.2 Å². The first-order valence-electron chi connectivity index (χ1n) is 7.92. The molecule has 2 aromatic carbocycles. The van der Waals surface area contributed by atoms with Gasteiger partial charge in [0.1, 0.15) is 6.29 Å². The number of nitrogens with one attached hydrogen (secondary N) is 1. The van der Waals surface area contributed by atoms with Gasteiger partial charge in [-0.3, -0.25) is 9.59 Å². The fourth-order valence-corrected chi connectivity index (χ4v) is 2.93. The van der Waals surface area contributed by atoms with Crippen LogP contribution in [0.1, 0.15) is 23.2 Å². The number of hydrogen-bond acceptors (Lipinski definition) is 3. The van der Waals surface area contributed by atoms with Crippen molar-refractivity contribution in [1.82, 2.24) is 0 Å². The predicted molar refractivity (Wildman–Crippen MR) is 91.8 cm³/mol. The first kappa shape index (κ1) is 15.3. The minimum atomic E-state index is 0.0562. The molecule has 0 saturated carbocycles. The van der Waals surface area contributed by atoms with Crippen LogP contribution >= 0.6 is 0 Å². The number of carbonyl (C=O) groups is 2. The van der Waals surface area contributed by atoms with Gasteiger partial charge >= 0.3 is 0 Å². The molecule has 0 atom stereocenters. The van der Waals surface area contributed by atoms with Gasteiger partial charge in [-0.25, -0.2) is 0 Å². The molecule has 1 saturated heterocycles. The summed E-state index contributed by atoms with van der Waals surface area (Å²) in [7, 11) is 0. The van der Waals surface area contributed by atoms with Gasteiger partial charge in [0.15, 0.2) is 0 Å². The Morgan fingerprint density at radius 3 is 2.26 bits per heavy atom. The van der Waals surface area contributed by atoms with Crippen molar-refractivity contribution in [3.8, 4) is 0 Å². The van der Waals surface area contributed by atoms with E-state index in [0.29, 0.717) is 5.56 Å². The average Bonchev–Trinajstić information content (AvgIpc) is 2.63. The summed E-state index contributed by atoms with van der Waals surface area (Å²) < 4.78 is 0. The number of piperidine rings is 1. The van der Waals surface area contributed by atoms with Gasteiger partial charge in [0, 0.05) is 35.9 Å². The lowest BCUT2D eigenvalue weighted by Crippen LogP contribution is -2.38. The highest BCUT2D eigenvalue weighted by Gasteiger charge is 2.25. The van der Waals surface area contributed by atoms with E-state index in [1.165, 1.54) is 0 Å². The molecule has 0 aliphatic carbocycles. The number of rotatable bonds is 4. The molecule has 1 fully saturated rings. The van der Waals surface area contributed by atoms with E-state index in [-0.39, 0.29) is 11.8 Å². The molecule has 4 heteroatoms. The number of benzene rings is 2. The first-order valence-corrected chi connectivity index (χ1v) is 7.92. The summed E-state index contributed by atoms with van der Waals surface area (Å²) in [6.07, 6.45) is 2.53. The van der Waals surface area contributed by atoms with Gasteiger partial charge in [0.2, 0.25) is 5.91 Å². The zero-order valence-electron chi connectivity index (χ0n) is 12.9. The lowest BCUT2D eigenvalue weighted by molar-refractivity contribution is -0.120. The lowest BCUT2D eigenvalue weighted by atomic mass is 9.95. The Morgan fingerprint density at radius 2 is 1.65 bits per heavy atom. The van der Waals surface area contributed by atoms with Crippen LogP contribution in [0.15, 0.2) is 54.6 Å². The maximum Gasteiger partial charge on any atom is 0.227 e. The smallest absolute Gasteiger partial charge is 0.227 e. The Morgan fingerprint density at radius 1 is 1.00 bits per heavy atom. The maximum atomic E-state index is 12.3. The fraction of sp³-hybridized carbons (Fsp3) is 0.263. The third-order valence-electron chi connectivity index (χ3n) is 4.30. The standard InChI is InChI=1S/C19H20N2O2/c22-14-15-6-8-18(9-7-15)21-12-10-16(11-13-21)19(23)20-17-4-2-1-3-5-17/h1-9,14,16H,10-13H2,(H,20,23). The van der Waals surface area contributed by atoms with Crippen LogP contribution in [0.3, 0.4) is 0 Å². The molecule has 0 unspecified atom stereocenters. The van der Waals surface area contributed by atoms with E-state index in [1.807, 2.05) is 54.6 Å². The Kier molecular flexibility index (Phi) is 4.71. The van der Waals surface area contributed by atoms with Crippen molar-refractivity contribution in [2.24, 2.45) is 5.92 Å². The van der Waals surface area contributed by atoms with Crippen LogP contribution < -0.4 is 10.2 Å². The average molecular weight is 308 g/mol. The van der Waals surface area contributed by atoms with Crippen LogP contribution in [-0.4, -0.2) is 25.3 Å². The second kappa shape index (κ2) is 7.09. The molecule has 1 N–H and O–H groups in total. The zero-order chi connectivity index (χ0) is 16.1. The zero-order valence-corrected chi connectivity index (χ0v) is 12.9. The van der Waals surface area contributed by atoms with E-state index in [9.17, 15) is 9.59 Å². The quantitative estimate of drug-likeness (QED) is 0.881. The van der Waals surface area contributed by atoms with Crippen LogP contribution in [0, 0.1) is 5.92 Å². The van der Waals surface area contributed by atoms with Crippen LogP contribution in [0.4, 0.5) is 11.4 Å². The molecule has 0 bridgehead atoms. The van der Waals surface area contributed by atoms with Crippen molar-refractivity contribution < 1.29 is 9.59 Å². The molecule has 0 radical (unpaired) electrons. The second-order valence-electron chi connectivity index (χ2n) is 5.83. The third kappa shape index (κ3) is 3.77. The van der Waals surface area contributed by atoms with Crippen molar-refractivity contribution >= 4 is 23.6 Å². The molecular weight excluding hydrogens is 288 g/mol. The SMILES string of the molecule is O=Cc1ccc(N2CCC(C(=O)Nc3ccccc3)CC2)cc1. The lowest BCUT2D eigenvalue weighted by Gasteiger charge is -2.33. The molecule has 2 aromatic rings. The molecule has 118 valence electrons. The summed E-state index contributed by atoms with van der Waals surface area (Å²) in [6.45, 7) is 1.71. The third-order valence-corrected chi connectivity index (χ3v) is 4.30. The number of hydrogen-bond donors (Lipinski definition) is 1. The topological polar surface area (TPSA) is 49.4 Å². The summed E-state index contributed by atoms with van der Waals surface area (Å²) in [4.78, 5) is 25.3. The molecule has 23 heavy (non-hydrogen) atoms. The van der Waals surface area contributed by atoms with Crippen LogP contribution in [0.5, 0.6) is 0 Å². The highest BCUT2D eigenvalue weighted by atomic mass is 16.1. The van der Waals surface area contributed by atoms with Gasteiger partial charge in [0.05, 0.1) is 0 Å². The summed E-state index contributed by atoms with van der Waals surface area (Å²) in [6, 6.07) is 17.2. The first-order chi connectivity index (χ1) is 11.3. The second-order valence-corrected chi connectivity index (χ2v) is 5.83. The molecule has 1 heterocycles. The van der Waals surface area contributed by atoms with E-state index < -0.39 is 0 Å². The van der Waals surface area contributed by atoms with Gasteiger partial charge in [-0.2, -0.15) is 0 Å². The monoisotopic (exact) mass is 308 g/mol. The highest BCUT2D eigenvalue weighted by molar-refractivity contribution is 5.92.